The number of rotatable bonds is 8. The average molecular weight is 424 g/mol. The normalized spacial score (nSPS) is 11.6. The van der Waals surface area contributed by atoms with Crippen LogP contribution in [-0.2, 0) is 6.61 Å². The molecule has 0 unspecified atom stereocenters. The van der Waals surface area contributed by atoms with Gasteiger partial charge in [-0.2, -0.15) is 0 Å². The molecule has 0 saturated heterocycles. The zero-order valence-electron chi connectivity index (χ0n) is 17.4. The fourth-order valence-electron chi connectivity index (χ4n) is 3.11. The molecule has 0 spiro atoms. The summed E-state index contributed by atoms with van der Waals surface area (Å²) in [6, 6.07) is 20.6. The molecule has 0 aliphatic heterocycles. The van der Waals surface area contributed by atoms with Crippen LogP contribution >= 0.6 is 11.6 Å². The summed E-state index contributed by atoms with van der Waals surface area (Å²) in [5.74, 6) is 1.34. The van der Waals surface area contributed by atoms with E-state index in [-0.39, 0.29) is 11.9 Å². The largest absolute Gasteiger partial charge is 0.493 e. The first-order chi connectivity index (χ1) is 14.5. The van der Waals surface area contributed by atoms with Crippen LogP contribution in [-0.4, -0.2) is 12.5 Å². The van der Waals surface area contributed by atoms with Crippen LogP contribution in [0.3, 0.4) is 0 Å². The first-order valence-electron chi connectivity index (χ1n) is 9.97. The fraction of sp³-hybridized carbons (Fsp3) is 0.240. The van der Waals surface area contributed by atoms with Gasteiger partial charge < -0.3 is 14.8 Å². The minimum absolute atomic E-state index is 0.145. The lowest BCUT2D eigenvalue weighted by atomic mass is 10.1. The maximum absolute atomic E-state index is 12.8. The van der Waals surface area contributed by atoms with Crippen LogP contribution in [0.2, 0.25) is 5.02 Å². The molecule has 1 amide bonds. The highest BCUT2D eigenvalue weighted by atomic mass is 35.5. The Bertz CT molecular complexity index is 1000. The molecule has 5 heteroatoms. The van der Waals surface area contributed by atoms with Crippen molar-refractivity contribution in [1.82, 2.24) is 5.32 Å². The fourth-order valence-corrected chi connectivity index (χ4v) is 3.24. The van der Waals surface area contributed by atoms with Gasteiger partial charge in [0.15, 0.2) is 0 Å². The van der Waals surface area contributed by atoms with Crippen molar-refractivity contribution in [3.8, 4) is 11.5 Å². The minimum atomic E-state index is -0.155. The lowest BCUT2D eigenvalue weighted by Gasteiger charge is -2.16. The standard InChI is InChI=1S/C25H26ClNO3/c1-4-29-24-13-10-20(15-21(24)16-30-23-7-5-6-17(2)14-23)25(28)27-18(3)19-8-11-22(26)12-9-19/h5-15,18H,4,16H2,1-3H3,(H,27,28)/t18-/m1/s1. The van der Waals surface area contributed by atoms with Gasteiger partial charge in [-0.1, -0.05) is 35.9 Å². The zero-order chi connectivity index (χ0) is 21.5. The Labute approximate surface area is 182 Å². The van der Waals surface area contributed by atoms with E-state index in [4.69, 9.17) is 21.1 Å². The van der Waals surface area contributed by atoms with Crippen molar-refractivity contribution in [2.45, 2.75) is 33.4 Å². The number of halogens is 1. The van der Waals surface area contributed by atoms with E-state index >= 15 is 0 Å². The third-order valence-electron chi connectivity index (χ3n) is 4.72. The van der Waals surface area contributed by atoms with E-state index in [0.717, 1.165) is 22.4 Å². The van der Waals surface area contributed by atoms with Crippen molar-refractivity contribution in [1.29, 1.82) is 0 Å². The molecule has 4 nitrogen and oxygen atoms in total. The van der Waals surface area contributed by atoms with Gasteiger partial charge in [0.1, 0.15) is 18.1 Å². The monoisotopic (exact) mass is 423 g/mol. The first-order valence-corrected chi connectivity index (χ1v) is 10.4. The van der Waals surface area contributed by atoms with E-state index in [1.54, 1.807) is 6.07 Å². The number of carbonyl (C=O) groups is 1. The highest BCUT2D eigenvalue weighted by molar-refractivity contribution is 6.30. The zero-order valence-corrected chi connectivity index (χ0v) is 18.2. The summed E-state index contributed by atoms with van der Waals surface area (Å²) in [6.45, 7) is 6.74. The third-order valence-corrected chi connectivity index (χ3v) is 4.98. The third kappa shape index (κ3) is 5.77. The summed E-state index contributed by atoms with van der Waals surface area (Å²) in [5.41, 5.74) is 3.50. The number of carbonyl (C=O) groups excluding carboxylic acids is 1. The van der Waals surface area contributed by atoms with Crippen molar-refractivity contribution in [3.63, 3.8) is 0 Å². The Hall–Kier alpha value is -2.98. The average Bonchev–Trinajstić information content (AvgIpc) is 2.73. The molecule has 156 valence electrons. The van der Waals surface area contributed by atoms with Gasteiger partial charge in [0, 0.05) is 16.1 Å². The highest BCUT2D eigenvalue weighted by Gasteiger charge is 2.14. The Morgan fingerprint density at radius 2 is 1.80 bits per heavy atom. The van der Waals surface area contributed by atoms with E-state index in [2.05, 4.69) is 5.32 Å². The molecule has 3 rings (SSSR count). The van der Waals surface area contributed by atoms with E-state index in [1.165, 1.54) is 0 Å². The van der Waals surface area contributed by atoms with Crippen molar-refractivity contribution in [3.05, 3.63) is 94.0 Å². The number of hydrogen-bond donors (Lipinski definition) is 1. The topological polar surface area (TPSA) is 47.6 Å². The van der Waals surface area contributed by atoms with Gasteiger partial charge in [0.25, 0.3) is 5.91 Å². The van der Waals surface area contributed by atoms with E-state index in [0.29, 0.717) is 29.5 Å². The Morgan fingerprint density at radius 1 is 1.03 bits per heavy atom. The Balaban J connectivity index is 1.74. The second-order valence-electron chi connectivity index (χ2n) is 7.11. The number of benzene rings is 3. The van der Waals surface area contributed by atoms with Crippen LogP contribution in [0, 0.1) is 6.92 Å². The van der Waals surface area contributed by atoms with Gasteiger partial charge in [-0.15, -0.1) is 0 Å². The maximum Gasteiger partial charge on any atom is 0.251 e. The molecule has 0 heterocycles. The second kappa shape index (κ2) is 10.2. The van der Waals surface area contributed by atoms with E-state index < -0.39 is 0 Å². The molecule has 0 fully saturated rings. The smallest absolute Gasteiger partial charge is 0.251 e. The number of hydrogen-bond acceptors (Lipinski definition) is 3. The van der Waals surface area contributed by atoms with E-state index in [1.807, 2.05) is 81.4 Å². The number of amides is 1. The van der Waals surface area contributed by atoms with Gasteiger partial charge in [-0.3, -0.25) is 4.79 Å². The number of aryl methyl sites for hydroxylation is 1. The summed E-state index contributed by atoms with van der Waals surface area (Å²) in [4.78, 5) is 12.8. The van der Waals surface area contributed by atoms with Crippen LogP contribution in [0.25, 0.3) is 0 Å². The van der Waals surface area contributed by atoms with Crippen LogP contribution in [0.15, 0.2) is 66.7 Å². The molecule has 0 bridgehead atoms. The SMILES string of the molecule is CCOc1ccc(C(=O)N[C@H](C)c2ccc(Cl)cc2)cc1COc1cccc(C)c1. The minimum Gasteiger partial charge on any atom is -0.493 e. The molecule has 30 heavy (non-hydrogen) atoms. The molecule has 0 aliphatic carbocycles. The molecule has 3 aromatic rings. The molecular weight excluding hydrogens is 398 g/mol. The van der Waals surface area contributed by atoms with Crippen molar-refractivity contribution >= 4 is 17.5 Å². The molecule has 1 N–H and O–H groups in total. The van der Waals surface area contributed by atoms with Crippen LogP contribution in [0.5, 0.6) is 11.5 Å². The summed E-state index contributed by atoms with van der Waals surface area (Å²) in [7, 11) is 0. The Kier molecular flexibility index (Phi) is 7.36. The Morgan fingerprint density at radius 3 is 2.50 bits per heavy atom. The van der Waals surface area contributed by atoms with Crippen LogP contribution < -0.4 is 14.8 Å². The summed E-state index contributed by atoms with van der Waals surface area (Å²) in [6.07, 6.45) is 0. The number of ether oxygens (including phenoxy) is 2. The van der Waals surface area contributed by atoms with Gasteiger partial charge in [-0.25, -0.2) is 0 Å². The summed E-state index contributed by atoms with van der Waals surface area (Å²) in [5, 5.41) is 3.70. The molecule has 3 aromatic carbocycles. The number of nitrogens with one attached hydrogen (secondary N) is 1. The second-order valence-corrected chi connectivity index (χ2v) is 7.54. The van der Waals surface area contributed by atoms with Gasteiger partial charge >= 0.3 is 0 Å². The van der Waals surface area contributed by atoms with E-state index in [9.17, 15) is 4.79 Å². The molecule has 0 saturated carbocycles. The lowest BCUT2D eigenvalue weighted by molar-refractivity contribution is 0.0939. The van der Waals surface area contributed by atoms with Crippen molar-refractivity contribution in [2.75, 3.05) is 6.61 Å². The molecule has 1 atom stereocenters. The molecule has 0 aliphatic rings. The van der Waals surface area contributed by atoms with Crippen LogP contribution in [0.1, 0.15) is 46.9 Å². The van der Waals surface area contributed by atoms with Crippen molar-refractivity contribution in [2.24, 2.45) is 0 Å². The summed E-state index contributed by atoms with van der Waals surface area (Å²) < 4.78 is 11.7. The highest BCUT2D eigenvalue weighted by Crippen LogP contribution is 2.24. The summed E-state index contributed by atoms with van der Waals surface area (Å²) >= 11 is 5.95. The molecule has 0 aromatic heterocycles. The molecular formula is C25H26ClNO3. The van der Waals surface area contributed by atoms with Gasteiger partial charge in [0.2, 0.25) is 0 Å². The van der Waals surface area contributed by atoms with Crippen LogP contribution in [0.4, 0.5) is 0 Å². The predicted molar refractivity (Wildman–Crippen MR) is 120 cm³/mol. The molecule has 0 radical (unpaired) electrons. The van der Waals surface area contributed by atoms with Gasteiger partial charge in [0.05, 0.1) is 12.6 Å². The quantitative estimate of drug-likeness (QED) is 0.475. The lowest BCUT2D eigenvalue weighted by Crippen LogP contribution is -2.26. The van der Waals surface area contributed by atoms with Crippen molar-refractivity contribution < 1.29 is 14.3 Å². The first kappa shape index (κ1) is 21.7. The predicted octanol–water partition coefficient (Wildman–Crippen LogP) is 6.12. The van der Waals surface area contributed by atoms with Gasteiger partial charge in [-0.05, 0) is 74.4 Å². The maximum atomic E-state index is 12.8.